The Morgan fingerprint density at radius 2 is 1.92 bits per heavy atom. The van der Waals surface area contributed by atoms with Gasteiger partial charge in [-0.25, -0.2) is 0 Å². The first-order chi connectivity index (χ1) is 12.7. The number of hydrogen-bond acceptors (Lipinski definition) is 3. The summed E-state index contributed by atoms with van der Waals surface area (Å²) in [6.45, 7) is 4.47. The Bertz CT molecular complexity index is 771. The lowest BCUT2D eigenvalue weighted by Gasteiger charge is -2.15. The van der Waals surface area contributed by atoms with E-state index >= 15 is 0 Å². The molecule has 1 aliphatic rings. The summed E-state index contributed by atoms with van der Waals surface area (Å²) in [5.41, 5.74) is 3.34. The normalized spacial score (nSPS) is 13.9. The van der Waals surface area contributed by atoms with Gasteiger partial charge in [-0.3, -0.25) is 9.59 Å². The van der Waals surface area contributed by atoms with Crippen molar-refractivity contribution in [2.45, 2.75) is 32.9 Å². The van der Waals surface area contributed by atoms with Crippen LogP contribution in [0.4, 0.5) is 5.69 Å². The van der Waals surface area contributed by atoms with E-state index in [2.05, 4.69) is 5.32 Å². The van der Waals surface area contributed by atoms with Crippen molar-refractivity contribution in [2.24, 2.45) is 0 Å². The fraction of sp³-hybridized carbons (Fsp3) is 0.333. The summed E-state index contributed by atoms with van der Waals surface area (Å²) in [5, 5.41) is 2.95. The first-order valence-corrected chi connectivity index (χ1v) is 9.01. The monoisotopic (exact) mass is 352 g/mol. The summed E-state index contributed by atoms with van der Waals surface area (Å²) in [7, 11) is 0. The van der Waals surface area contributed by atoms with Gasteiger partial charge in [0.2, 0.25) is 5.91 Å². The van der Waals surface area contributed by atoms with Crippen molar-refractivity contribution in [3.63, 3.8) is 0 Å². The topological polar surface area (TPSA) is 58.6 Å². The standard InChI is InChI=1S/C21H24N2O3/c1-2-26-15-18-6-3-4-7-19(18)22-21(25)17-11-9-16(10-12-17)14-23-13-5-8-20(23)24/h3-4,6-7,9-12H,2,5,8,13-15H2,1H3,(H,22,25). The molecule has 1 N–H and O–H groups in total. The van der Waals surface area contributed by atoms with Gasteiger partial charge < -0.3 is 15.0 Å². The summed E-state index contributed by atoms with van der Waals surface area (Å²) >= 11 is 0. The maximum absolute atomic E-state index is 12.5. The Morgan fingerprint density at radius 3 is 2.62 bits per heavy atom. The number of carbonyl (C=O) groups is 2. The highest BCUT2D eigenvalue weighted by Crippen LogP contribution is 2.18. The van der Waals surface area contributed by atoms with Crippen LogP contribution in [-0.2, 0) is 22.7 Å². The first kappa shape index (κ1) is 18.1. The predicted octanol–water partition coefficient (Wildman–Crippen LogP) is 3.60. The number of rotatable bonds is 7. The molecule has 0 unspecified atom stereocenters. The molecule has 136 valence electrons. The van der Waals surface area contributed by atoms with Gasteiger partial charge in [0, 0.05) is 42.9 Å². The zero-order valence-electron chi connectivity index (χ0n) is 15.0. The van der Waals surface area contributed by atoms with Crippen LogP contribution in [0.25, 0.3) is 0 Å². The maximum atomic E-state index is 12.5. The van der Waals surface area contributed by atoms with Crippen molar-refractivity contribution < 1.29 is 14.3 Å². The molecule has 1 aliphatic heterocycles. The number of hydrogen-bond donors (Lipinski definition) is 1. The van der Waals surface area contributed by atoms with Crippen LogP contribution >= 0.6 is 0 Å². The van der Waals surface area contributed by atoms with Crippen LogP contribution in [0.3, 0.4) is 0 Å². The van der Waals surface area contributed by atoms with Crippen molar-refractivity contribution in [3.05, 3.63) is 65.2 Å². The molecular formula is C21H24N2O3. The summed E-state index contributed by atoms with van der Waals surface area (Å²) in [4.78, 5) is 26.1. The number of nitrogens with zero attached hydrogens (tertiary/aromatic N) is 1. The molecule has 1 heterocycles. The van der Waals surface area contributed by atoms with Crippen molar-refractivity contribution in [3.8, 4) is 0 Å². The Kier molecular flexibility index (Phi) is 6.02. The Labute approximate surface area is 154 Å². The molecule has 1 saturated heterocycles. The second kappa shape index (κ2) is 8.63. The highest BCUT2D eigenvalue weighted by atomic mass is 16.5. The van der Waals surface area contributed by atoms with Crippen LogP contribution in [0.15, 0.2) is 48.5 Å². The second-order valence-electron chi connectivity index (χ2n) is 6.36. The molecule has 3 rings (SSSR count). The van der Waals surface area contributed by atoms with E-state index in [0.29, 0.717) is 31.7 Å². The Morgan fingerprint density at radius 1 is 1.15 bits per heavy atom. The third-order valence-corrected chi connectivity index (χ3v) is 4.49. The van der Waals surface area contributed by atoms with Crippen molar-refractivity contribution in [2.75, 3.05) is 18.5 Å². The molecule has 2 amide bonds. The van der Waals surface area contributed by atoms with Crippen molar-refractivity contribution in [1.82, 2.24) is 4.90 Å². The minimum atomic E-state index is -0.155. The van der Waals surface area contributed by atoms with E-state index in [-0.39, 0.29) is 11.8 Å². The number of anilines is 1. The van der Waals surface area contributed by atoms with Crippen LogP contribution in [0.2, 0.25) is 0 Å². The molecule has 26 heavy (non-hydrogen) atoms. The van der Waals surface area contributed by atoms with Gasteiger partial charge >= 0.3 is 0 Å². The molecule has 2 aromatic rings. The maximum Gasteiger partial charge on any atom is 0.255 e. The van der Waals surface area contributed by atoms with Crippen molar-refractivity contribution in [1.29, 1.82) is 0 Å². The van der Waals surface area contributed by atoms with Gasteiger partial charge in [0.05, 0.1) is 6.61 Å². The second-order valence-corrected chi connectivity index (χ2v) is 6.36. The third-order valence-electron chi connectivity index (χ3n) is 4.49. The molecular weight excluding hydrogens is 328 g/mol. The molecule has 0 spiro atoms. The van der Waals surface area contributed by atoms with Crippen LogP contribution in [0, 0.1) is 0 Å². The number of amides is 2. The third kappa shape index (κ3) is 4.49. The van der Waals surface area contributed by atoms with Gasteiger partial charge in [0.25, 0.3) is 5.91 Å². The number of benzene rings is 2. The molecule has 0 aliphatic carbocycles. The number of likely N-dealkylation sites (tertiary alicyclic amines) is 1. The lowest BCUT2D eigenvalue weighted by molar-refractivity contribution is -0.128. The van der Waals surface area contributed by atoms with E-state index in [9.17, 15) is 9.59 Å². The smallest absolute Gasteiger partial charge is 0.255 e. The predicted molar refractivity (Wildman–Crippen MR) is 101 cm³/mol. The van der Waals surface area contributed by atoms with E-state index in [1.54, 1.807) is 12.1 Å². The van der Waals surface area contributed by atoms with Crippen LogP contribution in [0.1, 0.15) is 41.3 Å². The molecule has 1 fully saturated rings. The molecule has 0 atom stereocenters. The highest BCUT2D eigenvalue weighted by molar-refractivity contribution is 6.04. The van der Waals surface area contributed by atoms with Gasteiger partial charge in [-0.2, -0.15) is 0 Å². The van der Waals surface area contributed by atoms with Gasteiger partial charge in [-0.05, 0) is 37.1 Å². The van der Waals surface area contributed by atoms with Crippen molar-refractivity contribution >= 4 is 17.5 Å². The van der Waals surface area contributed by atoms with E-state index in [1.807, 2.05) is 48.2 Å². The molecule has 0 aromatic heterocycles. The van der Waals surface area contributed by atoms with Crippen LogP contribution in [0.5, 0.6) is 0 Å². The minimum absolute atomic E-state index is 0.155. The van der Waals surface area contributed by atoms with Crippen LogP contribution in [-0.4, -0.2) is 29.9 Å². The number of ether oxygens (including phenoxy) is 1. The fourth-order valence-corrected chi connectivity index (χ4v) is 3.03. The minimum Gasteiger partial charge on any atom is -0.377 e. The lowest BCUT2D eigenvalue weighted by Crippen LogP contribution is -2.23. The zero-order chi connectivity index (χ0) is 18.4. The van der Waals surface area contributed by atoms with E-state index < -0.39 is 0 Å². The lowest BCUT2D eigenvalue weighted by atomic mass is 10.1. The van der Waals surface area contributed by atoms with Gasteiger partial charge in [0.15, 0.2) is 0 Å². The van der Waals surface area contributed by atoms with E-state index in [4.69, 9.17) is 4.74 Å². The van der Waals surface area contributed by atoms with E-state index in [0.717, 1.165) is 29.8 Å². The molecule has 5 heteroatoms. The fourth-order valence-electron chi connectivity index (χ4n) is 3.03. The highest BCUT2D eigenvalue weighted by Gasteiger charge is 2.20. The van der Waals surface area contributed by atoms with E-state index in [1.165, 1.54) is 0 Å². The molecule has 0 saturated carbocycles. The Balaban J connectivity index is 1.64. The van der Waals surface area contributed by atoms with Gasteiger partial charge in [-0.1, -0.05) is 30.3 Å². The molecule has 5 nitrogen and oxygen atoms in total. The number of para-hydroxylation sites is 1. The number of carbonyl (C=O) groups excluding carboxylic acids is 2. The SMILES string of the molecule is CCOCc1ccccc1NC(=O)c1ccc(CN2CCCC2=O)cc1. The summed E-state index contributed by atoms with van der Waals surface area (Å²) in [5.74, 6) is 0.0514. The van der Waals surface area contributed by atoms with Gasteiger partial charge in [0.1, 0.15) is 0 Å². The molecule has 2 aromatic carbocycles. The van der Waals surface area contributed by atoms with Gasteiger partial charge in [-0.15, -0.1) is 0 Å². The summed E-state index contributed by atoms with van der Waals surface area (Å²) in [6, 6.07) is 15.1. The zero-order valence-corrected chi connectivity index (χ0v) is 15.0. The molecule has 0 bridgehead atoms. The Hall–Kier alpha value is -2.66. The average Bonchev–Trinajstić information content (AvgIpc) is 3.06. The summed E-state index contributed by atoms with van der Waals surface area (Å²) in [6.07, 6.45) is 1.57. The number of nitrogens with one attached hydrogen (secondary N) is 1. The molecule has 0 radical (unpaired) electrons. The first-order valence-electron chi connectivity index (χ1n) is 9.01. The average molecular weight is 352 g/mol. The van der Waals surface area contributed by atoms with Crippen LogP contribution < -0.4 is 5.32 Å². The quantitative estimate of drug-likeness (QED) is 0.828. The largest absolute Gasteiger partial charge is 0.377 e. The summed E-state index contributed by atoms with van der Waals surface area (Å²) < 4.78 is 5.45.